The highest BCUT2D eigenvalue weighted by Gasteiger charge is 2.34. The lowest BCUT2D eigenvalue weighted by molar-refractivity contribution is -0.125. The van der Waals surface area contributed by atoms with Gasteiger partial charge < -0.3 is 10.6 Å². The molecule has 1 aliphatic heterocycles. The number of halogens is 1. The zero-order valence-electron chi connectivity index (χ0n) is 11.9. The molecular weight excluding hydrogens is 260 g/mol. The molecule has 1 aliphatic rings. The van der Waals surface area contributed by atoms with Gasteiger partial charge in [0.25, 0.3) is 0 Å². The van der Waals surface area contributed by atoms with E-state index >= 15 is 0 Å². The summed E-state index contributed by atoms with van der Waals surface area (Å²) in [4.78, 5) is 12.4. The zero-order valence-corrected chi connectivity index (χ0v) is 12.7. The maximum absolute atomic E-state index is 12.4. The minimum atomic E-state index is -0.283. The Morgan fingerprint density at radius 1 is 1.37 bits per heavy atom. The number of carbonyl (C=O) groups excluding carboxylic acids is 1. The van der Waals surface area contributed by atoms with Crippen LogP contribution in [0.4, 0.5) is 5.69 Å². The smallest absolute Gasteiger partial charge is 0.231 e. The van der Waals surface area contributed by atoms with Gasteiger partial charge in [-0.05, 0) is 57.4 Å². The molecule has 1 fully saturated rings. The van der Waals surface area contributed by atoms with Crippen molar-refractivity contribution in [3.8, 4) is 0 Å². The van der Waals surface area contributed by atoms with Gasteiger partial charge in [-0.25, -0.2) is 0 Å². The molecule has 1 saturated heterocycles. The first-order valence-electron chi connectivity index (χ1n) is 6.61. The number of anilines is 1. The van der Waals surface area contributed by atoms with E-state index in [9.17, 15) is 4.79 Å². The molecular formula is C15H23ClN2O. The second-order valence-electron chi connectivity index (χ2n) is 5.61. The van der Waals surface area contributed by atoms with Crippen molar-refractivity contribution >= 4 is 24.0 Å². The highest BCUT2D eigenvalue weighted by Crippen LogP contribution is 2.28. The number of amides is 1. The van der Waals surface area contributed by atoms with Crippen molar-refractivity contribution in [1.82, 2.24) is 5.32 Å². The van der Waals surface area contributed by atoms with Crippen LogP contribution in [0.3, 0.4) is 0 Å². The normalized spacial score (nSPS) is 22.5. The average Bonchev–Trinajstić information content (AvgIpc) is 2.35. The molecule has 0 aliphatic carbocycles. The minimum Gasteiger partial charge on any atom is -0.325 e. The van der Waals surface area contributed by atoms with Crippen LogP contribution in [0.5, 0.6) is 0 Å². The van der Waals surface area contributed by atoms with Gasteiger partial charge >= 0.3 is 0 Å². The number of nitrogens with one attached hydrogen (secondary N) is 2. The first kappa shape index (κ1) is 16.0. The lowest BCUT2D eigenvalue weighted by Gasteiger charge is -2.32. The lowest BCUT2D eigenvalue weighted by atomic mass is 9.82. The van der Waals surface area contributed by atoms with E-state index < -0.39 is 0 Å². The molecule has 4 heteroatoms. The van der Waals surface area contributed by atoms with Gasteiger partial charge in [-0.2, -0.15) is 0 Å². The Labute approximate surface area is 121 Å². The maximum Gasteiger partial charge on any atom is 0.231 e. The van der Waals surface area contributed by atoms with Gasteiger partial charge in [0, 0.05) is 12.2 Å². The van der Waals surface area contributed by atoms with E-state index in [1.807, 2.05) is 32.9 Å². The van der Waals surface area contributed by atoms with E-state index in [0.717, 1.165) is 37.2 Å². The summed E-state index contributed by atoms with van der Waals surface area (Å²) in [7, 11) is 0. The highest BCUT2D eigenvalue weighted by atomic mass is 35.5. The minimum absolute atomic E-state index is 0. The Balaban J connectivity index is 0.00000180. The van der Waals surface area contributed by atoms with E-state index in [1.165, 1.54) is 5.56 Å². The summed E-state index contributed by atoms with van der Waals surface area (Å²) in [5.74, 6) is 0.128. The summed E-state index contributed by atoms with van der Waals surface area (Å²) < 4.78 is 0. The summed E-state index contributed by atoms with van der Waals surface area (Å²) >= 11 is 0. The fourth-order valence-electron chi connectivity index (χ4n) is 2.39. The van der Waals surface area contributed by atoms with Crippen LogP contribution >= 0.6 is 12.4 Å². The molecule has 0 saturated carbocycles. The van der Waals surface area contributed by atoms with Gasteiger partial charge in [-0.1, -0.05) is 12.1 Å². The lowest BCUT2D eigenvalue weighted by Crippen LogP contribution is -2.46. The third kappa shape index (κ3) is 3.71. The fraction of sp³-hybridized carbons (Fsp3) is 0.533. The van der Waals surface area contributed by atoms with Gasteiger partial charge in [-0.3, -0.25) is 4.79 Å². The second-order valence-corrected chi connectivity index (χ2v) is 5.61. The SMILES string of the molecule is Cc1ccc(C)c(NC(=O)C2(C)CCCNC2)c1.Cl. The van der Waals surface area contributed by atoms with Gasteiger partial charge in [0.15, 0.2) is 0 Å². The molecule has 1 atom stereocenters. The molecule has 1 aromatic rings. The van der Waals surface area contributed by atoms with Crippen LogP contribution in [0.1, 0.15) is 30.9 Å². The molecule has 1 heterocycles. The van der Waals surface area contributed by atoms with Crippen molar-refractivity contribution in [3.05, 3.63) is 29.3 Å². The summed E-state index contributed by atoms with van der Waals surface area (Å²) in [6.07, 6.45) is 2.02. The third-order valence-corrected chi connectivity index (χ3v) is 3.79. The van der Waals surface area contributed by atoms with Crippen molar-refractivity contribution in [2.24, 2.45) is 5.41 Å². The average molecular weight is 283 g/mol. The quantitative estimate of drug-likeness (QED) is 0.875. The maximum atomic E-state index is 12.4. The first-order chi connectivity index (χ1) is 8.51. The van der Waals surface area contributed by atoms with Gasteiger partial charge in [0.05, 0.1) is 5.41 Å². The molecule has 106 valence electrons. The Hall–Kier alpha value is -1.06. The molecule has 19 heavy (non-hydrogen) atoms. The molecule has 2 rings (SSSR count). The third-order valence-electron chi connectivity index (χ3n) is 3.79. The van der Waals surface area contributed by atoms with Crippen LogP contribution in [0.25, 0.3) is 0 Å². The number of carbonyl (C=O) groups is 1. The second kappa shape index (κ2) is 6.40. The molecule has 0 bridgehead atoms. The van der Waals surface area contributed by atoms with Crippen molar-refractivity contribution in [3.63, 3.8) is 0 Å². The van der Waals surface area contributed by atoms with E-state index in [1.54, 1.807) is 0 Å². The molecule has 0 spiro atoms. The number of hydrogen-bond acceptors (Lipinski definition) is 2. The number of piperidine rings is 1. The Morgan fingerprint density at radius 3 is 2.74 bits per heavy atom. The largest absolute Gasteiger partial charge is 0.325 e. The van der Waals surface area contributed by atoms with Crippen molar-refractivity contribution in [2.75, 3.05) is 18.4 Å². The summed E-state index contributed by atoms with van der Waals surface area (Å²) in [5.41, 5.74) is 2.94. The van der Waals surface area contributed by atoms with E-state index in [4.69, 9.17) is 0 Å². The van der Waals surface area contributed by atoms with Crippen LogP contribution < -0.4 is 10.6 Å². The Bertz CT molecular complexity index is 453. The predicted octanol–water partition coefficient (Wildman–Crippen LogP) is 3.05. The standard InChI is InChI=1S/C15H22N2O.ClH/c1-11-5-6-12(2)13(9-11)17-14(18)15(3)7-4-8-16-10-15;/h5-6,9,16H,4,7-8,10H2,1-3H3,(H,17,18);1H. The van der Waals surface area contributed by atoms with Crippen LogP contribution in [-0.4, -0.2) is 19.0 Å². The van der Waals surface area contributed by atoms with Crippen LogP contribution in [-0.2, 0) is 4.79 Å². The molecule has 1 unspecified atom stereocenters. The number of benzene rings is 1. The van der Waals surface area contributed by atoms with E-state index in [2.05, 4.69) is 16.7 Å². The molecule has 0 aromatic heterocycles. The van der Waals surface area contributed by atoms with Crippen molar-refractivity contribution < 1.29 is 4.79 Å². The van der Waals surface area contributed by atoms with E-state index in [-0.39, 0.29) is 23.7 Å². The molecule has 1 amide bonds. The van der Waals surface area contributed by atoms with Gasteiger partial charge in [0.2, 0.25) is 5.91 Å². The number of aryl methyl sites for hydroxylation is 2. The Morgan fingerprint density at radius 2 is 2.11 bits per heavy atom. The first-order valence-corrected chi connectivity index (χ1v) is 6.61. The molecule has 3 nitrogen and oxygen atoms in total. The summed E-state index contributed by atoms with van der Waals surface area (Å²) in [6, 6.07) is 6.15. The topological polar surface area (TPSA) is 41.1 Å². The van der Waals surface area contributed by atoms with Crippen molar-refractivity contribution in [2.45, 2.75) is 33.6 Å². The summed E-state index contributed by atoms with van der Waals surface area (Å²) in [5, 5.41) is 6.39. The van der Waals surface area contributed by atoms with Gasteiger partial charge in [0.1, 0.15) is 0 Å². The van der Waals surface area contributed by atoms with Gasteiger partial charge in [-0.15, -0.1) is 12.4 Å². The number of hydrogen-bond donors (Lipinski definition) is 2. The zero-order chi connectivity index (χ0) is 13.2. The van der Waals surface area contributed by atoms with Crippen LogP contribution in [0.2, 0.25) is 0 Å². The summed E-state index contributed by atoms with van der Waals surface area (Å²) in [6.45, 7) is 7.89. The molecule has 0 radical (unpaired) electrons. The molecule has 1 aromatic carbocycles. The van der Waals surface area contributed by atoms with Crippen LogP contribution in [0.15, 0.2) is 18.2 Å². The molecule has 2 N–H and O–H groups in total. The Kier molecular flexibility index (Phi) is 5.39. The van der Waals surface area contributed by atoms with Crippen LogP contribution in [0, 0.1) is 19.3 Å². The monoisotopic (exact) mass is 282 g/mol. The fourth-order valence-corrected chi connectivity index (χ4v) is 2.39. The van der Waals surface area contributed by atoms with Crippen molar-refractivity contribution in [1.29, 1.82) is 0 Å². The highest BCUT2D eigenvalue weighted by molar-refractivity contribution is 5.96. The number of rotatable bonds is 2. The van der Waals surface area contributed by atoms with E-state index in [0.29, 0.717) is 0 Å². The predicted molar refractivity (Wildman–Crippen MR) is 82.0 cm³/mol.